The molecule has 1 heterocycles. The lowest BCUT2D eigenvalue weighted by molar-refractivity contribution is -0.386. The van der Waals surface area contributed by atoms with E-state index in [0.717, 1.165) is 64.2 Å². The summed E-state index contributed by atoms with van der Waals surface area (Å²) >= 11 is 0. The molecule has 0 amide bonds. The van der Waals surface area contributed by atoms with Crippen LogP contribution in [-0.4, -0.2) is 60.4 Å². The number of unbranched alkanes of at least 4 members (excludes halogenated alkanes) is 17. The van der Waals surface area contributed by atoms with Crippen LogP contribution in [0.4, 0.5) is 0 Å². The second kappa shape index (κ2) is 26.7. The van der Waals surface area contributed by atoms with Gasteiger partial charge < -0.3 is 14.2 Å². The summed E-state index contributed by atoms with van der Waals surface area (Å²) in [6.07, 6.45) is 20.8. The van der Waals surface area contributed by atoms with Crippen molar-refractivity contribution < 1.29 is 39.4 Å². The molecular formula is C33H66O9S2. The molecule has 1 fully saturated rings. The van der Waals surface area contributed by atoms with E-state index in [1.807, 2.05) is 0 Å². The lowest BCUT2D eigenvalue weighted by Gasteiger charge is -2.36. The summed E-state index contributed by atoms with van der Waals surface area (Å²) in [5.74, 6) is 0.0335. The van der Waals surface area contributed by atoms with E-state index in [9.17, 15) is 16.8 Å². The first-order valence-corrected chi connectivity index (χ1v) is 21.1. The van der Waals surface area contributed by atoms with Crippen molar-refractivity contribution in [2.24, 2.45) is 0 Å². The highest BCUT2D eigenvalue weighted by Gasteiger charge is 2.31. The van der Waals surface area contributed by atoms with E-state index in [4.69, 9.17) is 22.6 Å². The Morgan fingerprint density at radius 2 is 0.705 bits per heavy atom. The van der Waals surface area contributed by atoms with E-state index in [1.54, 1.807) is 0 Å². The van der Waals surface area contributed by atoms with Crippen molar-refractivity contribution in [3.63, 3.8) is 0 Å². The molecule has 0 spiro atoms. The summed E-state index contributed by atoms with van der Waals surface area (Å²) in [4.78, 5) is 0. The molecule has 2 unspecified atom stereocenters. The van der Waals surface area contributed by atoms with E-state index in [0.29, 0.717) is 19.3 Å². The maximum absolute atomic E-state index is 12.3. The van der Waals surface area contributed by atoms with Crippen LogP contribution in [0, 0.1) is 0 Å². The number of ether oxygens (including phenoxy) is 3. The van der Waals surface area contributed by atoms with Crippen molar-refractivity contribution >= 4 is 20.2 Å². The molecule has 0 aromatic rings. The van der Waals surface area contributed by atoms with Crippen LogP contribution in [0.2, 0.25) is 0 Å². The van der Waals surface area contributed by atoms with E-state index in [1.165, 1.54) is 51.4 Å². The van der Waals surface area contributed by atoms with Crippen LogP contribution < -0.4 is 0 Å². The van der Waals surface area contributed by atoms with Gasteiger partial charge in [0.25, 0.3) is 20.2 Å². The second-order valence-corrected chi connectivity index (χ2v) is 15.8. The molecule has 264 valence electrons. The van der Waals surface area contributed by atoms with Crippen molar-refractivity contribution in [1.82, 2.24) is 0 Å². The van der Waals surface area contributed by atoms with Gasteiger partial charge in [0.1, 0.15) is 0 Å². The molecule has 0 aliphatic carbocycles. The van der Waals surface area contributed by atoms with Crippen LogP contribution >= 0.6 is 0 Å². The van der Waals surface area contributed by atoms with Crippen molar-refractivity contribution in [1.29, 1.82) is 0 Å². The van der Waals surface area contributed by atoms with Gasteiger partial charge in [0, 0.05) is 12.8 Å². The van der Waals surface area contributed by atoms with Gasteiger partial charge in [-0.1, -0.05) is 130 Å². The average molecular weight is 671 g/mol. The molecule has 0 bridgehead atoms. The highest BCUT2D eigenvalue weighted by molar-refractivity contribution is 7.86. The first-order valence-electron chi connectivity index (χ1n) is 17.9. The molecule has 2 atom stereocenters. The SMILES string of the molecule is CCCCCCCCCCC1OC(CCOS(=O)(=O)CCCCCCCC)OC(CCOS(=O)(=O)CCCCCCCC)O1. The zero-order valence-electron chi connectivity index (χ0n) is 28.3. The minimum absolute atomic E-state index is 0.0167. The summed E-state index contributed by atoms with van der Waals surface area (Å²) in [6, 6.07) is 0. The van der Waals surface area contributed by atoms with E-state index < -0.39 is 39.1 Å². The van der Waals surface area contributed by atoms with Gasteiger partial charge in [0.15, 0.2) is 18.9 Å². The smallest absolute Gasteiger partial charge is 0.267 e. The summed E-state index contributed by atoms with van der Waals surface area (Å²) < 4.78 is 77.8. The van der Waals surface area contributed by atoms with Gasteiger partial charge in [-0.05, 0) is 25.7 Å². The molecule has 1 aliphatic heterocycles. The fourth-order valence-electron chi connectivity index (χ4n) is 5.24. The van der Waals surface area contributed by atoms with Gasteiger partial charge in [-0.3, -0.25) is 8.37 Å². The van der Waals surface area contributed by atoms with E-state index in [-0.39, 0.29) is 37.6 Å². The normalized spacial score (nSPS) is 19.5. The Bertz CT molecular complexity index is 804. The molecule has 9 nitrogen and oxygen atoms in total. The predicted molar refractivity (Wildman–Crippen MR) is 177 cm³/mol. The third-order valence-corrected chi connectivity index (χ3v) is 10.6. The maximum Gasteiger partial charge on any atom is 0.267 e. The van der Waals surface area contributed by atoms with Gasteiger partial charge in [-0.25, -0.2) is 0 Å². The molecule has 1 aliphatic rings. The third kappa shape index (κ3) is 24.0. The Hall–Kier alpha value is -0.300. The van der Waals surface area contributed by atoms with E-state index in [2.05, 4.69) is 20.8 Å². The standard InChI is InChI=1S/C33H66O9S2/c1-4-7-10-13-16-17-18-21-24-31-40-32(25-27-38-43(34,35)29-22-19-14-11-8-5-2)42-33(41-31)26-28-39-44(36,37)30-23-20-15-12-9-6-3/h31-33H,4-30H2,1-3H3. The largest absolute Gasteiger partial charge is 0.324 e. The predicted octanol–water partition coefficient (Wildman–Crippen LogP) is 8.75. The highest BCUT2D eigenvalue weighted by Crippen LogP contribution is 2.25. The fourth-order valence-corrected chi connectivity index (χ4v) is 7.29. The monoisotopic (exact) mass is 670 g/mol. The topological polar surface area (TPSA) is 114 Å². The van der Waals surface area contributed by atoms with Gasteiger partial charge in [-0.15, -0.1) is 0 Å². The van der Waals surface area contributed by atoms with E-state index >= 15 is 0 Å². The molecule has 1 saturated heterocycles. The van der Waals surface area contributed by atoms with Crippen molar-refractivity contribution in [2.45, 2.75) is 187 Å². The Balaban J connectivity index is 2.49. The van der Waals surface area contributed by atoms with Gasteiger partial charge in [-0.2, -0.15) is 16.8 Å². The molecule has 1 rings (SSSR count). The van der Waals surface area contributed by atoms with Gasteiger partial charge in [0.05, 0.1) is 24.7 Å². The Morgan fingerprint density at radius 1 is 0.409 bits per heavy atom. The molecule has 0 aromatic carbocycles. The molecular weight excluding hydrogens is 604 g/mol. The Kier molecular flexibility index (Phi) is 25.4. The van der Waals surface area contributed by atoms with Crippen LogP contribution in [0.25, 0.3) is 0 Å². The third-order valence-electron chi connectivity index (χ3n) is 7.93. The maximum atomic E-state index is 12.3. The quantitative estimate of drug-likeness (QED) is 0.0527. The first-order chi connectivity index (χ1) is 21.2. The van der Waals surface area contributed by atoms with Crippen molar-refractivity contribution in [2.75, 3.05) is 24.7 Å². The van der Waals surface area contributed by atoms with Crippen LogP contribution in [0.15, 0.2) is 0 Å². The summed E-state index contributed by atoms with van der Waals surface area (Å²) in [5.41, 5.74) is 0. The zero-order chi connectivity index (χ0) is 32.4. The van der Waals surface area contributed by atoms with Crippen molar-refractivity contribution in [3.8, 4) is 0 Å². The lowest BCUT2D eigenvalue weighted by atomic mass is 10.1. The first kappa shape index (κ1) is 41.7. The number of rotatable bonds is 31. The fraction of sp³-hybridized carbons (Fsp3) is 1.00. The minimum Gasteiger partial charge on any atom is -0.324 e. The summed E-state index contributed by atoms with van der Waals surface area (Å²) in [6.45, 7) is 6.45. The lowest BCUT2D eigenvalue weighted by Crippen LogP contribution is -2.41. The Morgan fingerprint density at radius 3 is 1.07 bits per heavy atom. The molecule has 44 heavy (non-hydrogen) atoms. The number of hydrogen-bond acceptors (Lipinski definition) is 9. The molecule has 0 N–H and O–H groups in total. The minimum atomic E-state index is -3.61. The van der Waals surface area contributed by atoms with Crippen molar-refractivity contribution in [3.05, 3.63) is 0 Å². The van der Waals surface area contributed by atoms with Crippen LogP contribution in [0.1, 0.15) is 168 Å². The Labute approximate surface area is 271 Å². The van der Waals surface area contributed by atoms with Crippen LogP contribution in [-0.2, 0) is 42.8 Å². The van der Waals surface area contributed by atoms with Gasteiger partial charge in [0.2, 0.25) is 0 Å². The molecule has 0 aromatic heterocycles. The molecule has 0 saturated carbocycles. The second-order valence-electron chi connectivity index (χ2n) is 12.2. The number of hydrogen-bond donors (Lipinski definition) is 0. The zero-order valence-corrected chi connectivity index (χ0v) is 29.9. The molecule has 0 radical (unpaired) electrons. The summed E-state index contributed by atoms with van der Waals surface area (Å²) in [5, 5.41) is 0. The highest BCUT2D eigenvalue weighted by atomic mass is 32.2. The average Bonchev–Trinajstić information content (AvgIpc) is 2.98. The molecule has 11 heteroatoms. The summed E-state index contributed by atoms with van der Waals surface area (Å²) in [7, 11) is -7.21. The van der Waals surface area contributed by atoms with Crippen LogP contribution in [0.5, 0.6) is 0 Å². The van der Waals surface area contributed by atoms with Crippen LogP contribution in [0.3, 0.4) is 0 Å². The van der Waals surface area contributed by atoms with Gasteiger partial charge >= 0.3 is 0 Å².